The summed E-state index contributed by atoms with van der Waals surface area (Å²) in [5.74, 6) is 1.74. The molecule has 0 saturated carbocycles. The van der Waals surface area contributed by atoms with Crippen molar-refractivity contribution in [1.82, 2.24) is 5.32 Å². The van der Waals surface area contributed by atoms with Gasteiger partial charge in [-0.1, -0.05) is 40.2 Å². The molecule has 0 aliphatic rings. The van der Waals surface area contributed by atoms with E-state index in [1.807, 2.05) is 49.5 Å². The lowest BCUT2D eigenvalue weighted by Crippen LogP contribution is -2.15. The monoisotopic (exact) mass is 349 g/mol. The molecule has 3 nitrogen and oxygen atoms in total. The fourth-order valence-corrected chi connectivity index (χ4v) is 2.37. The van der Waals surface area contributed by atoms with E-state index in [1.54, 1.807) is 0 Å². The van der Waals surface area contributed by atoms with Crippen molar-refractivity contribution in [3.05, 3.63) is 58.6 Å². The van der Waals surface area contributed by atoms with E-state index in [0.717, 1.165) is 21.5 Å². The van der Waals surface area contributed by atoms with Crippen LogP contribution in [0.15, 0.2) is 53.0 Å². The van der Waals surface area contributed by atoms with E-state index < -0.39 is 0 Å². The van der Waals surface area contributed by atoms with Crippen LogP contribution in [0.3, 0.4) is 0 Å². The summed E-state index contributed by atoms with van der Waals surface area (Å²) in [6, 6.07) is 16.1. The van der Waals surface area contributed by atoms with Crippen LogP contribution < -0.4 is 14.8 Å². The molecule has 112 valence electrons. The molecule has 0 fully saturated rings. The minimum absolute atomic E-state index is 0.257. The maximum Gasteiger partial charge on any atom is 0.124 e. The first kappa shape index (κ1) is 15.9. The maximum absolute atomic E-state index is 5.84. The van der Waals surface area contributed by atoms with E-state index in [0.29, 0.717) is 13.2 Å². The van der Waals surface area contributed by atoms with Crippen LogP contribution in [-0.2, 0) is 0 Å². The van der Waals surface area contributed by atoms with Crippen molar-refractivity contribution in [3.63, 3.8) is 0 Å². The highest BCUT2D eigenvalue weighted by atomic mass is 79.9. The Balaban J connectivity index is 1.86. The second-order valence-electron chi connectivity index (χ2n) is 4.70. The molecule has 0 amide bonds. The average molecular weight is 350 g/mol. The van der Waals surface area contributed by atoms with Crippen LogP contribution >= 0.6 is 15.9 Å². The average Bonchev–Trinajstić information content (AvgIpc) is 2.51. The van der Waals surface area contributed by atoms with Crippen LogP contribution in [0.4, 0.5) is 0 Å². The molecule has 0 aliphatic carbocycles. The van der Waals surface area contributed by atoms with Gasteiger partial charge in [0.2, 0.25) is 0 Å². The molecule has 0 heterocycles. The highest BCUT2D eigenvalue weighted by Gasteiger charge is 2.08. The Kier molecular flexibility index (Phi) is 6.08. The number of benzene rings is 2. The van der Waals surface area contributed by atoms with Crippen molar-refractivity contribution in [1.29, 1.82) is 0 Å². The summed E-state index contributed by atoms with van der Waals surface area (Å²) in [5, 5.41) is 3.23. The van der Waals surface area contributed by atoms with Gasteiger partial charge in [0.25, 0.3) is 0 Å². The SMILES string of the molecule is CNC(C)c1ccccc1OCCOc1cccc(Br)c1. The van der Waals surface area contributed by atoms with Gasteiger partial charge in [-0.05, 0) is 38.2 Å². The summed E-state index contributed by atoms with van der Waals surface area (Å²) < 4.78 is 12.5. The number of ether oxygens (including phenoxy) is 2. The summed E-state index contributed by atoms with van der Waals surface area (Å²) >= 11 is 3.42. The van der Waals surface area contributed by atoms with E-state index in [1.165, 1.54) is 0 Å². The van der Waals surface area contributed by atoms with Crippen molar-refractivity contribution in [2.24, 2.45) is 0 Å². The quantitative estimate of drug-likeness (QED) is 0.760. The first-order valence-corrected chi connectivity index (χ1v) is 7.77. The lowest BCUT2D eigenvalue weighted by molar-refractivity contribution is 0.215. The van der Waals surface area contributed by atoms with Gasteiger partial charge in [-0.2, -0.15) is 0 Å². The van der Waals surface area contributed by atoms with Gasteiger partial charge in [-0.15, -0.1) is 0 Å². The van der Waals surface area contributed by atoms with E-state index in [9.17, 15) is 0 Å². The highest BCUT2D eigenvalue weighted by Crippen LogP contribution is 2.24. The normalized spacial score (nSPS) is 12.0. The minimum Gasteiger partial charge on any atom is -0.490 e. The molecule has 1 unspecified atom stereocenters. The van der Waals surface area contributed by atoms with Gasteiger partial charge in [-0.3, -0.25) is 0 Å². The Morgan fingerprint density at radius 3 is 2.57 bits per heavy atom. The summed E-state index contributed by atoms with van der Waals surface area (Å²) in [6.07, 6.45) is 0. The molecule has 0 aromatic heterocycles. The smallest absolute Gasteiger partial charge is 0.124 e. The van der Waals surface area contributed by atoms with Crippen molar-refractivity contribution in [3.8, 4) is 11.5 Å². The van der Waals surface area contributed by atoms with Gasteiger partial charge in [0.15, 0.2) is 0 Å². The third kappa shape index (κ3) is 4.76. The van der Waals surface area contributed by atoms with Crippen LogP contribution in [0.25, 0.3) is 0 Å². The Morgan fingerprint density at radius 2 is 1.81 bits per heavy atom. The van der Waals surface area contributed by atoms with Crippen molar-refractivity contribution in [2.75, 3.05) is 20.3 Å². The number of hydrogen-bond acceptors (Lipinski definition) is 3. The molecule has 0 saturated heterocycles. The van der Waals surface area contributed by atoms with Crippen LogP contribution in [0.2, 0.25) is 0 Å². The minimum atomic E-state index is 0.257. The molecular formula is C17H20BrNO2. The molecule has 4 heteroatoms. The molecule has 2 aromatic rings. The first-order chi connectivity index (χ1) is 10.2. The molecule has 2 aromatic carbocycles. The Morgan fingerprint density at radius 1 is 1.05 bits per heavy atom. The molecule has 1 atom stereocenters. The zero-order valence-electron chi connectivity index (χ0n) is 12.3. The van der Waals surface area contributed by atoms with E-state index in [-0.39, 0.29) is 6.04 Å². The van der Waals surface area contributed by atoms with Gasteiger partial charge in [0.05, 0.1) is 0 Å². The Labute approximate surface area is 134 Å². The van der Waals surface area contributed by atoms with Gasteiger partial charge in [0, 0.05) is 16.1 Å². The van der Waals surface area contributed by atoms with Crippen LogP contribution in [0.5, 0.6) is 11.5 Å². The third-order valence-corrected chi connectivity index (χ3v) is 3.72. The van der Waals surface area contributed by atoms with Crippen LogP contribution in [0, 0.1) is 0 Å². The molecule has 0 spiro atoms. The summed E-state index contributed by atoms with van der Waals surface area (Å²) in [7, 11) is 1.94. The summed E-state index contributed by atoms with van der Waals surface area (Å²) in [5.41, 5.74) is 1.16. The highest BCUT2D eigenvalue weighted by molar-refractivity contribution is 9.10. The lowest BCUT2D eigenvalue weighted by atomic mass is 10.1. The first-order valence-electron chi connectivity index (χ1n) is 6.98. The topological polar surface area (TPSA) is 30.5 Å². The van der Waals surface area contributed by atoms with Gasteiger partial charge < -0.3 is 14.8 Å². The van der Waals surface area contributed by atoms with Gasteiger partial charge in [-0.25, -0.2) is 0 Å². The maximum atomic E-state index is 5.84. The van der Waals surface area contributed by atoms with Crippen molar-refractivity contribution in [2.45, 2.75) is 13.0 Å². The van der Waals surface area contributed by atoms with Crippen LogP contribution in [0.1, 0.15) is 18.5 Å². The molecular weight excluding hydrogens is 330 g/mol. The Bertz CT molecular complexity index is 574. The summed E-state index contributed by atoms with van der Waals surface area (Å²) in [4.78, 5) is 0. The molecule has 0 bridgehead atoms. The van der Waals surface area contributed by atoms with Gasteiger partial charge in [0.1, 0.15) is 24.7 Å². The second-order valence-corrected chi connectivity index (χ2v) is 5.62. The number of rotatable bonds is 7. The third-order valence-electron chi connectivity index (χ3n) is 3.22. The molecule has 1 N–H and O–H groups in total. The Hall–Kier alpha value is -1.52. The molecule has 21 heavy (non-hydrogen) atoms. The van der Waals surface area contributed by atoms with E-state index >= 15 is 0 Å². The standard InChI is InChI=1S/C17H20BrNO2/c1-13(19-2)16-8-3-4-9-17(16)21-11-10-20-15-7-5-6-14(18)12-15/h3-9,12-13,19H,10-11H2,1-2H3. The number of para-hydroxylation sites is 1. The fourth-order valence-electron chi connectivity index (χ4n) is 1.99. The van der Waals surface area contributed by atoms with Crippen molar-refractivity contribution >= 4 is 15.9 Å². The lowest BCUT2D eigenvalue weighted by Gasteiger charge is -2.16. The van der Waals surface area contributed by atoms with Crippen LogP contribution in [-0.4, -0.2) is 20.3 Å². The van der Waals surface area contributed by atoms with E-state index in [2.05, 4.69) is 34.2 Å². The molecule has 0 radical (unpaired) electrons. The zero-order valence-corrected chi connectivity index (χ0v) is 13.9. The predicted molar refractivity (Wildman–Crippen MR) is 89.0 cm³/mol. The molecule has 2 rings (SSSR count). The number of nitrogens with one attached hydrogen (secondary N) is 1. The number of halogens is 1. The fraction of sp³-hybridized carbons (Fsp3) is 0.294. The van der Waals surface area contributed by atoms with E-state index in [4.69, 9.17) is 9.47 Å². The predicted octanol–water partition coefficient (Wildman–Crippen LogP) is 4.19. The number of hydrogen-bond donors (Lipinski definition) is 1. The largest absolute Gasteiger partial charge is 0.490 e. The second kappa shape index (κ2) is 8.05. The molecule has 0 aliphatic heterocycles. The van der Waals surface area contributed by atoms with Crippen molar-refractivity contribution < 1.29 is 9.47 Å². The zero-order chi connectivity index (χ0) is 15.1. The van der Waals surface area contributed by atoms with Gasteiger partial charge >= 0.3 is 0 Å². The summed E-state index contributed by atoms with van der Waals surface area (Å²) in [6.45, 7) is 3.14.